The summed E-state index contributed by atoms with van der Waals surface area (Å²) < 4.78 is 10.6. The van der Waals surface area contributed by atoms with E-state index in [2.05, 4.69) is 0 Å². The highest BCUT2D eigenvalue weighted by Crippen LogP contribution is 2.28. The van der Waals surface area contributed by atoms with Crippen molar-refractivity contribution in [3.05, 3.63) is 0 Å². The molecule has 2 aliphatic rings. The van der Waals surface area contributed by atoms with Gasteiger partial charge in [0.05, 0.1) is 19.3 Å². The number of ether oxygens (including phenoxy) is 2. The van der Waals surface area contributed by atoms with Gasteiger partial charge >= 0.3 is 0 Å². The van der Waals surface area contributed by atoms with Gasteiger partial charge in [0.15, 0.2) is 0 Å². The second-order valence-corrected chi connectivity index (χ2v) is 4.08. The van der Waals surface area contributed by atoms with Crippen LogP contribution in [0, 0.1) is 5.92 Å². The van der Waals surface area contributed by atoms with Crippen LogP contribution in [0.1, 0.15) is 25.7 Å². The van der Waals surface area contributed by atoms with Crippen LogP contribution in [-0.2, 0) is 9.47 Å². The minimum absolute atomic E-state index is 0.0683. The van der Waals surface area contributed by atoms with E-state index in [4.69, 9.17) is 9.47 Å². The van der Waals surface area contributed by atoms with Crippen molar-refractivity contribution in [2.75, 3.05) is 19.8 Å². The molecule has 1 aliphatic carbocycles. The van der Waals surface area contributed by atoms with Gasteiger partial charge in [0.2, 0.25) is 0 Å². The quantitative estimate of drug-likeness (QED) is 0.710. The van der Waals surface area contributed by atoms with Crippen LogP contribution in [0.15, 0.2) is 0 Å². The van der Waals surface area contributed by atoms with Crippen molar-refractivity contribution in [2.45, 2.75) is 37.9 Å². The zero-order valence-electron chi connectivity index (χ0n) is 7.95. The molecule has 1 saturated carbocycles. The first-order chi connectivity index (χ1) is 6.36. The Bertz CT molecular complexity index is 156. The molecule has 13 heavy (non-hydrogen) atoms. The summed E-state index contributed by atoms with van der Waals surface area (Å²) in [4.78, 5) is 0. The van der Waals surface area contributed by atoms with Crippen molar-refractivity contribution in [1.29, 1.82) is 0 Å². The summed E-state index contributed by atoms with van der Waals surface area (Å²) in [5.41, 5.74) is 0. The number of aliphatic hydroxyl groups excluding tert-OH is 1. The van der Waals surface area contributed by atoms with Crippen LogP contribution in [0.5, 0.6) is 0 Å². The monoisotopic (exact) mass is 186 g/mol. The zero-order valence-corrected chi connectivity index (χ0v) is 7.95. The molecular weight excluding hydrogens is 168 g/mol. The van der Waals surface area contributed by atoms with Gasteiger partial charge in [-0.05, 0) is 25.2 Å². The van der Waals surface area contributed by atoms with Crippen molar-refractivity contribution < 1.29 is 14.6 Å². The Labute approximate surface area is 79.0 Å². The third-order valence-electron chi connectivity index (χ3n) is 3.07. The molecule has 76 valence electrons. The summed E-state index contributed by atoms with van der Waals surface area (Å²) in [6.07, 6.45) is 4.61. The SMILES string of the molecule is OC1CCCC1CCOC1COC1. The van der Waals surface area contributed by atoms with E-state index in [0.29, 0.717) is 12.0 Å². The molecule has 1 heterocycles. The van der Waals surface area contributed by atoms with Crippen molar-refractivity contribution >= 4 is 0 Å². The standard InChI is InChI=1S/C10H18O3/c11-10-3-1-2-8(10)4-5-13-9-6-12-7-9/h8-11H,1-7H2. The first kappa shape index (κ1) is 9.44. The summed E-state index contributed by atoms with van der Waals surface area (Å²) in [5, 5.41) is 9.55. The molecule has 2 fully saturated rings. The summed E-state index contributed by atoms with van der Waals surface area (Å²) >= 11 is 0. The number of aliphatic hydroxyl groups is 1. The molecule has 0 spiro atoms. The highest BCUT2D eigenvalue weighted by atomic mass is 16.6. The van der Waals surface area contributed by atoms with E-state index in [-0.39, 0.29) is 6.10 Å². The lowest BCUT2D eigenvalue weighted by molar-refractivity contribution is -0.132. The van der Waals surface area contributed by atoms with E-state index in [9.17, 15) is 5.11 Å². The predicted octanol–water partition coefficient (Wildman–Crippen LogP) is 0.953. The summed E-state index contributed by atoms with van der Waals surface area (Å²) in [7, 11) is 0. The molecule has 0 aromatic heterocycles. The minimum atomic E-state index is -0.0683. The van der Waals surface area contributed by atoms with Gasteiger partial charge in [-0.2, -0.15) is 0 Å². The third-order valence-corrected chi connectivity index (χ3v) is 3.07. The topological polar surface area (TPSA) is 38.7 Å². The highest BCUT2D eigenvalue weighted by Gasteiger charge is 2.25. The van der Waals surface area contributed by atoms with Crippen LogP contribution in [0.2, 0.25) is 0 Å². The van der Waals surface area contributed by atoms with Gasteiger partial charge in [0.1, 0.15) is 6.10 Å². The predicted molar refractivity (Wildman–Crippen MR) is 48.5 cm³/mol. The van der Waals surface area contributed by atoms with E-state index >= 15 is 0 Å². The molecule has 0 aromatic rings. The van der Waals surface area contributed by atoms with E-state index in [1.54, 1.807) is 0 Å². The van der Waals surface area contributed by atoms with Gasteiger partial charge < -0.3 is 14.6 Å². The van der Waals surface area contributed by atoms with E-state index in [1.807, 2.05) is 0 Å². The Balaban J connectivity index is 1.56. The molecule has 2 atom stereocenters. The van der Waals surface area contributed by atoms with Gasteiger partial charge in [-0.25, -0.2) is 0 Å². The van der Waals surface area contributed by atoms with E-state index < -0.39 is 0 Å². The lowest BCUT2D eigenvalue weighted by Crippen LogP contribution is -2.36. The fraction of sp³-hybridized carbons (Fsp3) is 1.00. The number of rotatable bonds is 4. The maximum absolute atomic E-state index is 9.55. The van der Waals surface area contributed by atoms with Crippen LogP contribution in [0.25, 0.3) is 0 Å². The maximum Gasteiger partial charge on any atom is 0.104 e. The minimum Gasteiger partial charge on any atom is -0.393 e. The van der Waals surface area contributed by atoms with Gasteiger partial charge in [-0.3, -0.25) is 0 Å². The van der Waals surface area contributed by atoms with Gasteiger partial charge in [-0.1, -0.05) is 6.42 Å². The molecule has 2 unspecified atom stereocenters. The van der Waals surface area contributed by atoms with Gasteiger partial charge in [0.25, 0.3) is 0 Å². The Kier molecular flexibility index (Phi) is 3.19. The Morgan fingerprint density at radius 2 is 2.15 bits per heavy atom. The van der Waals surface area contributed by atoms with Crippen LogP contribution in [0.3, 0.4) is 0 Å². The number of hydrogen-bond acceptors (Lipinski definition) is 3. The summed E-state index contributed by atoms with van der Waals surface area (Å²) in [6, 6.07) is 0. The van der Waals surface area contributed by atoms with Gasteiger partial charge in [-0.15, -0.1) is 0 Å². The van der Waals surface area contributed by atoms with Gasteiger partial charge in [0, 0.05) is 6.61 Å². The third kappa shape index (κ3) is 2.42. The Morgan fingerprint density at radius 1 is 1.31 bits per heavy atom. The van der Waals surface area contributed by atoms with Crippen LogP contribution in [0.4, 0.5) is 0 Å². The lowest BCUT2D eigenvalue weighted by atomic mass is 10.0. The molecule has 1 saturated heterocycles. The Hall–Kier alpha value is -0.120. The fourth-order valence-corrected chi connectivity index (χ4v) is 2.05. The summed E-state index contributed by atoms with van der Waals surface area (Å²) in [5.74, 6) is 0.487. The molecule has 0 amide bonds. The fourth-order valence-electron chi connectivity index (χ4n) is 2.05. The molecule has 2 rings (SSSR count). The Morgan fingerprint density at radius 3 is 2.69 bits per heavy atom. The first-order valence-corrected chi connectivity index (χ1v) is 5.23. The molecule has 3 heteroatoms. The van der Waals surface area contributed by atoms with Crippen molar-refractivity contribution in [1.82, 2.24) is 0 Å². The number of hydrogen-bond donors (Lipinski definition) is 1. The zero-order chi connectivity index (χ0) is 9.10. The largest absolute Gasteiger partial charge is 0.393 e. The second kappa shape index (κ2) is 4.40. The van der Waals surface area contributed by atoms with Crippen molar-refractivity contribution in [2.24, 2.45) is 5.92 Å². The summed E-state index contributed by atoms with van der Waals surface area (Å²) in [6.45, 7) is 2.30. The molecule has 1 N–H and O–H groups in total. The molecule has 0 radical (unpaired) electrons. The molecule has 3 nitrogen and oxygen atoms in total. The van der Waals surface area contributed by atoms with Crippen LogP contribution < -0.4 is 0 Å². The van der Waals surface area contributed by atoms with E-state index in [1.165, 1.54) is 12.8 Å². The molecule has 0 aromatic carbocycles. The maximum atomic E-state index is 9.55. The molecule has 0 bridgehead atoms. The van der Waals surface area contributed by atoms with Crippen molar-refractivity contribution in [3.8, 4) is 0 Å². The molecular formula is C10H18O3. The highest BCUT2D eigenvalue weighted by molar-refractivity contribution is 4.76. The van der Waals surface area contributed by atoms with Crippen LogP contribution >= 0.6 is 0 Å². The first-order valence-electron chi connectivity index (χ1n) is 5.23. The van der Waals surface area contributed by atoms with Crippen molar-refractivity contribution in [3.63, 3.8) is 0 Å². The molecule has 1 aliphatic heterocycles. The average molecular weight is 186 g/mol. The normalized spacial score (nSPS) is 34.8. The average Bonchev–Trinajstić information content (AvgIpc) is 2.42. The van der Waals surface area contributed by atoms with Crippen LogP contribution in [-0.4, -0.2) is 37.1 Å². The second-order valence-electron chi connectivity index (χ2n) is 4.08. The lowest BCUT2D eigenvalue weighted by Gasteiger charge is -2.26. The van der Waals surface area contributed by atoms with E-state index in [0.717, 1.165) is 32.7 Å². The smallest absolute Gasteiger partial charge is 0.104 e.